The van der Waals surface area contributed by atoms with Gasteiger partial charge in [0.2, 0.25) is 0 Å². The van der Waals surface area contributed by atoms with Crippen LogP contribution >= 0.6 is 0 Å². The summed E-state index contributed by atoms with van der Waals surface area (Å²) in [6.07, 6.45) is 4.43. The number of carbonyl (C=O) groups is 1. The molecule has 0 N–H and O–H groups in total. The van der Waals surface area contributed by atoms with Gasteiger partial charge in [0.25, 0.3) is 5.91 Å². The fourth-order valence-corrected chi connectivity index (χ4v) is 3.92. The minimum Gasteiger partial charge on any atom is -0.472 e. The molecule has 3 aliphatic rings. The number of carbonyl (C=O) groups excluding carboxylic acids is 1. The van der Waals surface area contributed by atoms with Crippen LogP contribution < -0.4 is 0 Å². The highest BCUT2D eigenvalue weighted by Gasteiger charge is 2.45. The van der Waals surface area contributed by atoms with Gasteiger partial charge in [-0.05, 0) is 24.3 Å². The Morgan fingerprint density at radius 1 is 1.32 bits per heavy atom. The summed E-state index contributed by atoms with van der Waals surface area (Å²) in [6, 6.07) is 2.00. The highest BCUT2D eigenvalue weighted by atomic mass is 16.7. The van der Waals surface area contributed by atoms with Crippen molar-refractivity contribution in [3.8, 4) is 0 Å². The predicted molar refractivity (Wildman–Crippen MR) is 77.6 cm³/mol. The number of likely N-dealkylation sites (tertiary alicyclic amines) is 1. The maximum absolute atomic E-state index is 12.7. The number of fused-ring (bicyclic) bond motifs is 1. The van der Waals surface area contributed by atoms with Crippen molar-refractivity contribution in [1.29, 1.82) is 0 Å². The smallest absolute Gasteiger partial charge is 0.251 e. The third kappa shape index (κ3) is 2.66. The molecular weight excluding hydrogens is 284 g/mol. The fraction of sp³-hybridized carbons (Fsp3) is 0.688. The molecule has 1 aromatic heterocycles. The average molecular weight is 306 g/mol. The molecule has 0 saturated carbocycles. The van der Waals surface area contributed by atoms with Crippen molar-refractivity contribution in [3.63, 3.8) is 0 Å². The van der Waals surface area contributed by atoms with Crippen molar-refractivity contribution < 1.29 is 18.8 Å². The van der Waals surface area contributed by atoms with E-state index in [9.17, 15) is 4.79 Å². The molecule has 0 aromatic carbocycles. The van der Waals surface area contributed by atoms with Gasteiger partial charge >= 0.3 is 0 Å². The third-order valence-electron chi connectivity index (χ3n) is 5.02. The lowest BCUT2D eigenvalue weighted by molar-refractivity contribution is -0.181. The number of amides is 1. The summed E-state index contributed by atoms with van der Waals surface area (Å²) in [4.78, 5) is 20.5. The van der Waals surface area contributed by atoms with E-state index in [0.29, 0.717) is 31.6 Å². The highest BCUT2D eigenvalue weighted by molar-refractivity contribution is 5.78. The monoisotopic (exact) mass is 306 g/mol. The fourth-order valence-electron chi connectivity index (χ4n) is 3.92. The van der Waals surface area contributed by atoms with Crippen LogP contribution in [0.25, 0.3) is 0 Å². The van der Waals surface area contributed by atoms with Gasteiger partial charge in [-0.25, -0.2) is 5.06 Å². The zero-order valence-electron chi connectivity index (χ0n) is 12.6. The summed E-state index contributed by atoms with van der Waals surface area (Å²) in [6.45, 7) is 5.47. The molecule has 0 spiro atoms. The van der Waals surface area contributed by atoms with Crippen LogP contribution in [0.15, 0.2) is 23.0 Å². The molecule has 6 nitrogen and oxygen atoms in total. The molecule has 0 unspecified atom stereocenters. The summed E-state index contributed by atoms with van der Waals surface area (Å²) >= 11 is 0. The second kappa shape index (κ2) is 6.02. The Kier molecular flexibility index (Phi) is 3.90. The van der Waals surface area contributed by atoms with Crippen LogP contribution in [0.1, 0.15) is 12.0 Å². The first-order valence-corrected chi connectivity index (χ1v) is 8.07. The SMILES string of the molecule is O=C([C@H]1COC[C@H]2CN(Cc3ccoc3)C[C@H]21)N1CCCO1. The number of furan rings is 1. The molecule has 4 heterocycles. The first kappa shape index (κ1) is 14.2. The molecule has 0 radical (unpaired) electrons. The summed E-state index contributed by atoms with van der Waals surface area (Å²) in [5.41, 5.74) is 1.19. The number of nitrogens with zero attached hydrogens (tertiary/aromatic N) is 2. The van der Waals surface area contributed by atoms with Gasteiger partial charge in [0, 0.05) is 25.2 Å². The van der Waals surface area contributed by atoms with E-state index in [2.05, 4.69) is 4.90 Å². The molecular formula is C16H22N2O4. The lowest BCUT2D eigenvalue weighted by Gasteiger charge is -2.33. The van der Waals surface area contributed by atoms with Gasteiger partial charge in [-0.2, -0.15) is 0 Å². The Bertz CT molecular complexity index is 512. The predicted octanol–water partition coefficient (Wildman–Crippen LogP) is 1.14. The standard InChI is InChI=1S/C16H22N2O4/c19-16(18-3-1-4-22-18)15-11-21-10-13-7-17(8-14(13)15)6-12-2-5-20-9-12/h2,5,9,13-15H,1,3-4,6-8,10-11H2/t13-,14-,15+/m1/s1. The quantitative estimate of drug-likeness (QED) is 0.838. The van der Waals surface area contributed by atoms with Crippen LogP contribution in [0.5, 0.6) is 0 Å². The molecule has 3 atom stereocenters. The Morgan fingerprint density at radius 2 is 2.27 bits per heavy atom. The summed E-state index contributed by atoms with van der Waals surface area (Å²) in [5.74, 6) is 0.859. The second-order valence-corrected chi connectivity index (χ2v) is 6.52. The van der Waals surface area contributed by atoms with Crippen LogP contribution in [0, 0.1) is 17.8 Å². The first-order chi connectivity index (χ1) is 10.8. The van der Waals surface area contributed by atoms with Crippen LogP contribution in [0.2, 0.25) is 0 Å². The van der Waals surface area contributed by atoms with E-state index in [1.165, 1.54) is 5.56 Å². The van der Waals surface area contributed by atoms with E-state index in [-0.39, 0.29) is 11.8 Å². The van der Waals surface area contributed by atoms with E-state index in [0.717, 1.165) is 32.7 Å². The molecule has 6 heteroatoms. The Balaban J connectivity index is 1.43. The van der Waals surface area contributed by atoms with Gasteiger partial charge in [-0.15, -0.1) is 0 Å². The minimum atomic E-state index is -0.0637. The number of hydrogen-bond acceptors (Lipinski definition) is 5. The van der Waals surface area contributed by atoms with Gasteiger partial charge < -0.3 is 9.15 Å². The zero-order chi connectivity index (χ0) is 14.9. The average Bonchev–Trinajstić information content (AvgIpc) is 3.27. The van der Waals surface area contributed by atoms with Gasteiger partial charge in [0.05, 0.1) is 44.8 Å². The maximum Gasteiger partial charge on any atom is 0.251 e. The molecule has 3 saturated heterocycles. The van der Waals surface area contributed by atoms with Crippen LogP contribution in [-0.4, -0.2) is 55.3 Å². The largest absolute Gasteiger partial charge is 0.472 e. The van der Waals surface area contributed by atoms with Gasteiger partial charge in [0.15, 0.2) is 0 Å². The van der Waals surface area contributed by atoms with E-state index in [1.54, 1.807) is 17.6 Å². The first-order valence-electron chi connectivity index (χ1n) is 8.07. The summed E-state index contributed by atoms with van der Waals surface area (Å²) in [5, 5.41) is 1.55. The molecule has 4 rings (SSSR count). The number of ether oxygens (including phenoxy) is 1. The molecule has 0 aliphatic carbocycles. The molecule has 3 aliphatic heterocycles. The Morgan fingerprint density at radius 3 is 3.05 bits per heavy atom. The van der Waals surface area contributed by atoms with Crippen LogP contribution in [-0.2, 0) is 20.9 Å². The van der Waals surface area contributed by atoms with Crippen molar-refractivity contribution in [2.45, 2.75) is 13.0 Å². The minimum absolute atomic E-state index is 0.0637. The van der Waals surface area contributed by atoms with E-state index in [4.69, 9.17) is 14.0 Å². The second-order valence-electron chi connectivity index (χ2n) is 6.52. The number of rotatable bonds is 3. The van der Waals surface area contributed by atoms with Crippen LogP contribution in [0.3, 0.4) is 0 Å². The normalized spacial score (nSPS) is 32.4. The molecule has 22 heavy (non-hydrogen) atoms. The summed E-state index contributed by atoms with van der Waals surface area (Å²) in [7, 11) is 0. The molecule has 3 fully saturated rings. The molecule has 1 aromatic rings. The Labute approximate surface area is 129 Å². The lowest BCUT2D eigenvalue weighted by atomic mass is 9.82. The van der Waals surface area contributed by atoms with Crippen molar-refractivity contribution in [3.05, 3.63) is 24.2 Å². The van der Waals surface area contributed by atoms with E-state index >= 15 is 0 Å². The van der Waals surface area contributed by atoms with Gasteiger partial charge in [0.1, 0.15) is 0 Å². The van der Waals surface area contributed by atoms with Crippen LogP contribution in [0.4, 0.5) is 0 Å². The van der Waals surface area contributed by atoms with Crippen molar-refractivity contribution >= 4 is 5.91 Å². The van der Waals surface area contributed by atoms with E-state index < -0.39 is 0 Å². The van der Waals surface area contributed by atoms with Crippen molar-refractivity contribution in [1.82, 2.24) is 9.96 Å². The third-order valence-corrected chi connectivity index (χ3v) is 5.02. The Hall–Kier alpha value is -1.37. The van der Waals surface area contributed by atoms with Crippen molar-refractivity contribution in [2.24, 2.45) is 17.8 Å². The summed E-state index contributed by atoms with van der Waals surface area (Å²) < 4.78 is 10.9. The van der Waals surface area contributed by atoms with E-state index in [1.807, 2.05) is 6.07 Å². The molecule has 120 valence electrons. The maximum atomic E-state index is 12.7. The zero-order valence-corrected chi connectivity index (χ0v) is 12.6. The number of hydroxylamine groups is 2. The van der Waals surface area contributed by atoms with Gasteiger partial charge in [-0.1, -0.05) is 0 Å². The molecule has 1 amide bonds. The lowest BCUT2D eigenvalue weighted by Crippen LogP contribution is -2.45. The molecule has 0 bridgehead atoms. The highest BCUT2D eigenvalue weighted by Crippen LogP contribution is 2.36. The topological polar surface area (TPSA) is 55.2 Å². The van der Waals surface area contributed by atoms with Crippen molar-refractivity contribution in [2.75, 3.05) is 39.5 Å². The number of hydrogen-bond donors (Lipinski definition) is 0. The van der Waals surface area contributed by atoms with Gasteiger partial charge in [-0.3, -0.25) is 14.5 Å².